The Hall–Kier alpha value is -0.0900. The summed E-state index contributed by atoms with van der Waals surface area (Å²) in [7, 11) is 1.49. The van der Waals surface area contributed by atoms with Crippen LogP contribution in [-0.4, -0.2) is 7.11 Å². The van der Waals surface area contributed by atoms with Crippen molar-refractivity contribution in [3.05, 3.63) is 26.9 Å². The van der Waals surface area contributed by atoms with Gasteiger partial charge in [0.05, 0.1) is 16.1 Å². The molecule has 0 amide bonds. The molecule has 4 heteroatoms. The summed E-state index contributed by atoms with van der Waals surface area (Å²) in [6.45, 7) is 0. The van der Waals surface area contributed by atoms with Crippen molar-refractivity contribution in [2.75, 3.05) is 7.11 Å². The van der Waals surface area contributed by atoms with Gasteiger partial charge in [0.2, 0.25) is 0 Å². The molecule has 0 aliphatic heterocycles. The maximum absolute atomic E-state index is 12.8. The van der Waals surface area contributed by atoms with Gasteiger partial charge in [0, 0.05) is 0 Å². The first-order valence-electron chi connectivity index (χ1n) is 2.84. The van der Waals surface area contributed by atoms with Crippen LogP contribution in [0.1, 0.15) is 0 Å². The summed E-state index contributed by atoms with van der Waals surface area (Å²) in [5, 5.41) is 0. The monoisotopic (exact) mass is 282 g/mol. The van der Waals surface area contributed by atoms with Crippen molar-refractivity contribution in [3.8, 4) is 5.75 Å². The molecule has 0 saturated heterocycles. The molecule has 11 heavy (non-hydrogen) atoms. The molecule has 0 radical (unpaired) electrons. The number of rotatable bonds is 1. The second-order valence-electron chi connectivity index (χ2n) is 1.88. The van der Waals surface area contributed by atoms with Crippen molar-refractivity contribution in [1.82, 2.24) is 0 Å². The molecule has 0 bridgehead atoms. The van der Waals surface area contributed by atoms with Crippen LogP contribution in [0.5, 0.6) is 5.75 Å². The Morgan fingerprint density at radius 1 is 1.36 bits per heavy atom. The van der Waals surface area contributed by atoms with Crippen molar-refractivity contribution >= 4 is 31.9 Å². The van der Waals surface area contributed by atoms with E-state index in [4.69, 9.17) is 4.74 Å². The largest absolute Gasteiger partial charge is 0.494 e. The molecule has 0 unspecified atom stereocenters. The zero-order chi connectivity index (χ0) is 8.43. The lowest BCUT2D eigenvalue weighted by Crippen LogP contribution is -1.88. The Morgan fingerprint density at radius 2 is 2.00 bits per heavy atom. The van der Waals surface area contributed by atoms with Gasteiger partial charge >= 0.3 is 0 Å². The summed E-state index contributed by atoms with van der Waals surface area (Å²) in [4.78, 5) is 0. The summed E-state index contributed by atoms with van der Waals surface area (Å²) in [5.74, 6) is 0.148. The first-order valence-corrected chi connectivity index (χ1v) is 4.43. The van der Waals surface area contributed by atoms with Crippen LogP contribution >= 0.6 is 31.9 Å². The average molecular weight is 284 g/mol. The molecule has 0 heterocycles. The van der Waals surface area contributed by atoms with Gasteiger partial charge in [0.1, 0.15) is 11.6 Å². The molecule has 0 atom stereocenters. The van der Waals surface area contributed by atoms with E-state index in [0.717, 1.165) is 4.47 Å². The third kappa shape index (κ3) is 1.73. The van der Waals surface area contributed by atoms with Crippen molar-refractivity contribution in [1.29, 1.82) is 0 Å². The van der Waals surface area contributed by atoms with Gasteiger partial charge in [-0.25, -0.2) is 4.39 Å². The zero-order valence-corrected chi connectivity index (χ0v) is 8.87. The molecule has 0 aromatic heterocycles. The minimum atomic E-state index is -0.329. The van der Waals surface area contributed by atoms with E-state index in [9.17, 15) is 4.39 Å². The van der Waals surface area contributed by atoms with Gasteiger partial charge in [-0.15, -0.1) is 0 Å². The smallest absolute Gasteiger partial charge is 0.150 e. The van der Waals surface area contributed by atoms with Crippen LogP contribution in [0.15, 0.2) is 21.1 Å². The average Bonchev–Trinajstić information content (AvgIpc) is 1.99. The van der Waals surface area contributed by atoms with Crippen LogP contribution in [0.3, 0.4) is 0 Å². The molecule has 1 nitrogen and oxygen atoms in total. The molecule has 0 fully saturated rings. The number of benzene rings is 1. The Bertz CT molecular complexity index is 275. The van der Waals surface area contributed by atoms with E-state index in [1.54, 1.807) is 6.07 Å². The van der Waals surface area contributed by atoms with Gasteiger partial charge in [-0.2, -0.15) is 0 Å². The molecule has 0 spiro atoms. The molecular formula is C7H5Br2FO. The Balaban J connectivity index is 3.29. The molecule has 1 aromatic carbocycles. The number of halogens is 3. The van der Waals surface area contributed by atoms with Crippen molar-refractivity contribution < 1.29 is 9.13 Å². The summed E-state index contributed by atoms with van der Waals surface area (Å²) < 4.78 is 18.8. The molecule has 0 N–H and O–H groups in total. The lowest BCUT2D eigenvalue weighted by Gasteiger charge is -2.05. The minimum Gasteiger partial charge on any atom is -0.494 e. The fraction of sp³-hybridized carbons (Fsp3) is 0.143. The maximum atomic E-state index is 12.8. The standard InChI is InChI=1S/C7H5Br2FO/c1-11-7-4(8)2-3-5(10)6(7)9/h2-3H,1H3. The van der Waals surface area contributed by atoms with Gasteiger partial charge in [-0.3, -0.25) is 0 Å². The highest BCUT2D eigenvalue weighted by Gasteiger charge is 2.08. The highest BCUT2D eigenvalue weighted by atomic mass is 79.9. The van der Waals surface area contributed by atoms with Crippen LogP contribution in [0.4, 0.5) is 4.39 Å². The summed E-state index contributed by atoms with van der Waals surface area (Å²) >= 11 is 6.28. The van der Waals surface area contributed by atoms with Crippen LogP contribution in [-0.2, 0) is 0 Å². The number of methoxy groups -OCH3 is 1. The van der Waals surface area contributed by atoms with E-state index >= 15 is 0 Å². The Kier molecular flexibility index (Phi) is 2.90. The second kappa shape index (κ2) is 3.54. The molecule has 60 valence electrons. The molecule has 1 aromatic rings. The van der Waals surface area contributed by atoms with Gasteiger partial charge < -0.3 is 4.74 Å². The number of ether oxygens (including phenoxy) is 1. The zero-order valence-electron chi connectivity index (χ0n) is 5.70. The van der Waals surface area contributed by atoms with Crippen LogP contribution in [0.25, 0.3) is 0 Å². The topological polar surface area (TPSA) is 9.23 Å². The SMILES string of the molecule is COc1c(Br)ccc(F)c1Br. The number of hydrogen-bond donors (Lipinski definition) is 0. The maximum Gasteiger partial charge on any atom is 0.150 e. The molecule has 0 aliphatic rings. The molecular weight excluding hydrogens is 279 g/mol. The first kappa shape index (κ1) is 9.00. The fourth-order valence-electron chi connectivity index (χ4n) is 0.696. The van der Waals surface area contributed by atoms with Crippen LogP contribution < -0.4 is 4.74 Å². The van der Waals surface area contributed by atoms with Crippen molar-refractivity contribution in [2.45, 2.75) is 0 Å². The first-order chi connectivity index (χ1) is 5.16. The molecule has 0 saturated carbocycles. The summed E-state index contributed by atoms with van der Waals surface area (Å²) in [6.07, 6.45) is 0. The van der Waals surface area contributed by atoms with Gasteiger partial charge in [0.25, 0.3) is 0 Å². The Labute approximate surface area is 80.8 Å². The molecule has 1 rings (SSSR count). The lowest BCUT2D eigenvalue weighted by atomic mass is 10.3. The normalized spacial score (nSPS) is 9.82. The third-order valence-corrected chi connectivity index (χ3v) is 2.57. The Morgan fingerprint density at radius 3 is 2.45 bits per heavy atom. The van der Waals surface area contributed by atoms with E-state index in [-0.39, 0.29) is 5.82 Å². The fourth-order valence-corrected chi connectivity index (χ4v) is 1.96. The summed E-state index contributed by atoms with van der Waals surface area (Å²) in [6, 6.07) is 2.95. The summed E-state index contributed by atoms with van der Waals surface area (Å²) in [5.41, 5.74) is 0. The quantitative estimate of drug-likeness (QED) is 0.718. The van der Waals surface area contributed by atoms with Gasteiger partial charge in [-0.05, 0) is 44.0 Å². The number of hydrogen-bond acceptors (Lipinski definition) is 1. The van der Waals surface area contributed by atoms with E-state index in [1.165, 1.54) is 13.2 Å². The molecule has 0 aliphatic carbocycles. The van der Waals surface area contributed by atoms with Crippen molar-refractivity contribution in [3.63, 3.8) is 0 Å². The van der Waals surface area contributed by atoms with Crippen molar-refractivity contribution in [2.24, 2.45) is 0 Å². The van der Waals surface area contributed by atoms with E-state index in [2.05, 4.69) is 31.9 Å². The van der Waals surface area contributed by atoms with Gasteiger partial charge in [0.15, 0.2) is 0 Å². The lowest BCUT2D eigenvalue weighted by molar-refractivity contribution is 0.405. The highest BCUT2D eigenvalue weighted by Crippen LogP contribution is 2.34. The van der Waals surface area contributed by atoms with Gasteiger partial charge in [-0.1, -0.05) is 0 Å². The predicted molar refractivity (Wildman–Crippen MR) is 48.4 cm³/mol. The van der Waals surface area contributed by atoms with E-state index in [1.807, 2.05) is 0 Å². The predicted octanol–water partition coefficient (Wildman–Crippen LogP) is 3.36. The van der Waals surface area contributed by atoms with E-state index < -0.39 is 0 Å². The highest BCUT2D eigenvalue weighted by molar-refractivity contribution is 9.11. The third-order valence-electron chi connectivity index (χ3n) is 1.21. The van der Waals surface area contributed by atoms with Crippen LogP contribution in [0, 0.1) is 5.82 Å². The second-order valence-corrected chi connectivity index (χ2v) is 3.52. The van der Waals surface area contributed by atoms with E-state index in [0.29, 0.717) is 10.2 Å². The van der Waals surface area contributed by atoms with Crippen LogP contribution in [0.2, 0.25) is 0 Å². The minimum absolute atomic E-state index is 0.329.